The lowest BCUT2D eigenvalue weighted by Gasteiger charge is -2.19. The summed E-state index contributed by atoms with van der Waals surface area (Å²) in [5.41, 5.74) is 4.10. The van der Waals surface area contributed by atoms with Gasteiger partial charge in [0.2, 0.25) is 0 Å². The first-order valence-electron chi connectivity index (χ1n) is 6.43. The summed E-state index contributed by atoms with van der Waals surface area (Å²) in [6.45, 7) is 7.46. The van der Waals surface area contributed by atoms with E-state index in [2.05, 4.69) is 50.2 Å². The number of unbranched alkanes of at least 4 members (excludes halogenated alkanes) is 1. The molecule has 1 atom stereocenters. The van der Waals surface area contributed by atoms with Crippen LogP contribution in [0.3, 0.4) is 0 Å². The molecule has 0 saturated heterocycles. The number of aryl methyl sites for hydroxylation is 2. The molecule has 0 aliphatic rings. The molecule has 0 radical (unpaired) electrons. The second kappa shape index (κ2) is 7.14. The minimum atomic E-state index is 0.438. The van der Waals surface area contributed by atoms with E-state index in [4.69, 9.17) is 6.42 Å². The Labute approximate surface area is 106 Å². The van der Waals surface area contributed by atoms with E-state index in [1.807, 2.05) is 0 Å². The Morgan fingerprint density at radius 3 is 2.65 bits per heavy atom. The molecule has 1 aromatic carbocycles. The van der Waals surface area contributed by atoms with Crippen LogP contribution in [0.15, 0.2) is 18.2 Å². The van der Waals surface area contributed by atoms with Crippen molar-refractivity contribution in [2.24, 2.45) is 0 Å². The highest BCUT2D eigenvalue weighted by Crippen LogP contribution is 2.21. The van der Waals surface area contributed by atoms with Crippen LogP contribution in [0.25, 0.3) is 0 Å². The van der Waals surface area contributed by atoms with Crippen LogP contribution in [-0.4, -0.2) is 6.54 Å². The highest BCUT2D eigenvalue weighted by atomic mass is 14.9. The van der Waals surface area contributed by atoms with Crippen LogP contribution in [0.1, 0.15) is 48.9 Å². The molecule has 0 fully saturated rings. The van der Waals surface area contributed by atoms with Crippen molar-refractivity contribution in [1.29, 1.82) is 0 Å². The van der Waals surface area contributed by atoms with E-state index in [1.165, 1.54) is 16.7 Å². The summed E-state index contributed by atoms with van der Waals surface area (Å²) in [7, 11) is 0. The minimum Gasteiger partial charge on any atom is -0.310 e. The van der Waals surface area contributed by atoms with Gasteiger partial charge < -0.3 is 5.32 Å². The third-order valence-corrected chi connectivity index (χ3v) is 3.20. The predicted molar refractivity (Wildman–Crippen MR) is 75.0 cm³/mol. The molecule has 0 aliphatic heterocycles. The maximum Gasteiger partial charge on any atom is 0.0320 e. The van der Waals surface area contributed by atoms with Crippen molar-refractivity contribution in [1.82, 2.24) is 5.32 Å². The van der Waals surface area contributed by atoms with Gasteiger partial charge in [0.25, 0.3) is 0 Å². The van der Waals surface area contributed by atoms with Gasteiger partial charge in [0.1, 0.15) is 0 Å². The lowest BCUT2D eigenvalue weighted by molar-refractivity contribution is 0.501. The van der Waals surface area contributed by atoms with Crippen molar-refractivity contribution in [3.63, 3.8) is 0 Å². The first-order valence-corrected chi connectivity index (χ1v) is 6.43. The quantitative estimate of drug-likeness (QED) is 0.578. The topological polar surface area (TPSA) is 12.0 Å². The molecule has 92 valence electrons. The van der Waals surface area contributed by atoms with Crippen LogP contribution in [0.2, 0.25) is 0 Å². The van der Waals surface area contributed by atoms with E-state index in [1.54, 1.807) is 0 Å². The van der Waals surface area contributed by atoms with Crippen LogP contribution < -0.4 is 5.32 Å². The third-order valence-electron chi connectivity index (χ3n) is 3.20. The molecule has 1 unspecified atom stereocenters. The Balaban J connectivity index is 2.74. The number of terminal acetylenes is 1. The Morgan fingerprint density at radius 1 is 1.29 bits per heavy atom. The van der Waals surface area contributed by atoms with Gasteiger partial charge in [-0.05, 0) is 49.9 Å². The summed E-state index contributed by atoms with van der Waals surface area (Å²) < 4.78 is 0. The fraction of sp³-hybridized carbons (Fsp3) is 0.500. The Bertz CT molecular complexity index is 387. The summed E-state index contributed by atoms with van der Waals surface area (Å²) in [5.74, 6) is 2.71. The highest BCUT2D eigenvalue weighted by Gasteiger charge is 2.10. The molecule has 17 heavy (non-hydrogen) atoms. The van der Waals surface area contributed by atoms with Gasteiger partial charge in [0.05, 0.1) is 0 Å². The minimum absolute atomic E-state index is 0.438. The van der Waals surface area contributed by atoms with Crippen LogP contribution in [0.4, 0.5) is 0 Å². The van der Waals surface area contributed by atoms with Gasteiger partial charge in [0, 0.05) is 12.5 Å². The summed E-state index contributed by atoms with van der Waals surface area (Å²) in [5, 5.41) is 3.54. The van der Waals surface area contributed by atoms with E-state index in [9.17, 15) is 0 Å². The lowest BCUT2D eigenvalue weighted by Crippen LogP contribution is -2.21. The average molecular weight is 229 g/mol. The molecule has 0 heterocycles. The van der Waals surface area contributed by atoms with Crippen molar-refractivity contribution in [3.05, 3.63) is 34.9 Å². The predicted octanol–water partition coefficient (Wildman–Crippen LogP) is 3.76. The van der Waals surface area contributed by atoms with Crippen molar-refractivity contribution in [3.8, 4) is 12.3 Å². The molecule has 1 N–H and O–H groups in total. The summed E-state index contributed by atoms with van der Waals surface area (Å²) >= 11 is 0. The van der Waals surface area contributed by atoms with E-state index < -0.39 is 0 Å². The first kappa shape index (κ1) is 13.8. The zero-order valence-electron chi connectivity index (χ0n) is 11.2. The Kier molecular flexibility index (Phi) is 5.80. The molecule has 0 saturated carbocycles. The molecule has 0 spiro atoms. The summed E-state index contributed by atoms with van der Waals surface area (Å²) in [6, 6.07) is 7.16. The second-order valence-electron chi connectivity index (χ2n) is 4.55. The standard InChI is InChI=1S/C16H23N/c1-5-7-8-9-16(17-6-2)15-11-10-13(3)14(4)12-15/h1,10-12,16-17H,6-9H2,2-4H3. The molecule has 1 heteroatoms. The summed E-state index contributed by atoms with van der Waals surface area (Å²) in [4.78, 5) is 0. The fourth-order valence-corrected chi connectivity index (χ4v) is 2.02. The molecule has 0 bridgehead atoms. The van der Waals surface area contributed by atoms with E-state index in [-0.39, 0.29) is 0 Å². The normalized spacial score (nSPS) is 12.1. The molecule has 1 rings (SSSR count). The van der Waals surface area contributed by atoms with Gasteiger partial charge in [-0.1, -0.05) is 25.1 Å². The first-order chi connectivity index (χ1) is 8.19. The average Bonchev–Trinajstić information content (AvgIpc) is 2.32. The van der Waals surface area contributed by atoms with Crippen molar-refractivity contribution >= 4 is 0 Å². The van der Waals surface area contributed by atoms with Crippen molar-refractivity contribution in [2.75, 3.05) is 6.54 Å². The van der Waals surface area contributed by atoms with E-state index in [0.717, 1.165) is 25.8 Å². The van der Waals surface area contributed by atoms with Crippen LogP contribution >= 0.6 is 0 Å². The zero-order chi connectivity index (χ0) is 12.7. The maximum atomic E-state index is 5.30. The number of benzene rings is 1. The fourth-order valence-electron chi connectivity index (χ4n) is 2.02. The zero-order valence-corrected chi connectivity index (χ0v) is 11.2. The Morgan fingerprint density at radius 2 is 2.06 bits per heavy atom. The van der Waals surface area contributed by atoms with E-state index >= 15 is 0 Å². The third kappa shape index (κ3) is 4.24. The van der Waals surface area contributed by atoms with Gasteiger partial charge in [-0.15, -0.1) is 12.3 Å². The SMILES string of the molecule is C#CCCCC(NCC)c1ccc(C)c(C)c1. The molecule has 1 nitrogen and oxygen atoms in total. The lowest BCUT2D eigenvalue weighted by atomic mass is 9.97. The van der Waals surface area contributed by atoms with Crippen LogP contribution in [0, 0.1) is 26.2 Å². The van der Waals surface area contributed by atoms with Gasteiger partial charge in [-0.2, -0.15) is 0 Å². The van der Waals surface area contributed by atoms with Gasteiger partial charge >= 0.3 is 0 Å². The van der Waals surface area contributed by atoms with Crippen LogP contribution in [-0.2, 0) is 0 Å². The number of nitrogens with one attached hydrogen (secondary N) is 1. The number of hydrogen-bond acceptors (Lipinski definition) is 1. The maximum absolute atomic E-state index is 5.30. The molecular formula is C16H23N. The van der Waals surface area contributed by atoms with Crippen molar-refractivity contribution < 1.29 is 0 Å². The van der Waals surface area contributed by atoms with E-state index in [0.29, 0.717) is 6.04 Å². The molecule has 0 amide bonds. The highest BCUT2D eigenvalue weighted by molar-refractivity contribution is 5.31. The summed E-state index contributed by atoms with van der Waals surface area (Å²) in [6.07, 6.45) is 8.36. The number of hydrogen-bond donors (Lipinski definition) is 1. The Hall–Kier alpha value is -1.26. The second-order valence-corrected chi connectivity index (χ2v) is 4.55. The monoisotopic (exact) mass is 229 g/mol. The molecular weight excluding hydrogens is 206 g/mol. The van der Waals surface area contributed by atoms with Gasteiger partial charge in [-0.25, -0.2) is 0 Å². The largest absolute Gasteiger partial charge is 0.310 e. The van der Waals surface area contributed by atoms with Crippen molar-refractivity contribution in [2.45, 2.75) is 46.1 Å². The molecule has 1 aromatic rings. The van der Waals surface area contributed by atoms with Gasteiger partial charge in [0.15, 0.2) is 0 Å². The van der Waals surface area contributed by atoms with Gasteiger partial charge in [-0.3, -0.25) is 0 Å². The molecule has 0 aromatic heterocycles. The molecule has 0 aliphatic carbocycles. The smallest absolute Gasteiger partial charge is 0.0320 e. The van der Waals surface area contributed by atoms with Crippen LogP contribution in [0.5, 0.6) is 0 Å². The number of rotatable bonds is 6.